The molecule has 0 unspecified atom stereocenters. The maximum absolute atomic E-state index is 12.1. The summed E-state index contributed by atoms with van der Waals surface area (Å²) in [6.45, 7) is 0.513. The summed E-state index contributed by atoms with van der Waals surface area (Å²) in [4.78, 5) is 17.3. The Labute approximate surface area is 155 Å². The van der Waals surface area contributed by atoms with Crippen LogP contribution in [0.4, 0.5) is 5.13 Å². The molecule has 1 aliphatic heterocycles. The number of sulfonamides is 1. The van der Waals surface area contributed by atoms with Crippen LogP contribution in [0.15, 0.2) is 24.3 Å². The van der Waals surface area contributed by atoms with Crippen molar-refractivity contribution in [2.45, 2.75) is 13.0 Å². The highest BCUT2D eigenvalue weighted by atomic mass is 32.2. The number of methoxy groups -OCH3 is 1. The fourth-order valence-electron chi connectivity index (χ4n) is 2.55. The van der Waals surface area contributed by atoms with E-state index in [1.165, 1.54) is 29.0 Å². The van der Waals surface area contributed by atoms with Crippen molar-refractivity contribution in [2.75, 3.05) is 31.8 Å². The fraction of sp³-hybridized carbons (Fsp3) is 0.375. The Morgan fingerprint density at radius 3 is 2.77 bits per heavy atom. The van der Waals surface area contributed by atoms with Crippen LogP contribution in [-0.2, 0) is 27.8 Å². The first kappa shape index (κ1) is 18.6. The van der Waals surface area contributed by atoms with Crippen LogP contribution < -0.4 is 14.8 Å². The zero-order valence-corrected chi connectivity index (χ0v) is 16.0. The van der Waals surface area contributed by atoms with Crippen LogP contribution in [0.25, 0.3) is 0 Å². The van der Waals surface area contributed by atoms with Crippen LogP contribution in [0.1, 0.15) is 10.6 Å². The highest BCUT2D eigenvalue weighted by molar-refractivity contribution is 7.88. The summed E-state index contributed by atoms with van der Waals surface area (Å²) in [5, 5.41) is 3.14. The number of aromatic nitrogens is 1. The molecule has 0 radical (unpaired) electrons. The highest BCUT2D eigenvalue weighted by Crippen LogP contribution is 2.29. The second kappa shape index (κ2) is 7.60. The Kier molecular flexibility index (Phi) is 5.44. The smallest absolute Gasteiger partial charge is 0.264 e. The van der Waals surface area contributed by atoms with E-state index < -0.39 is 10.0 Å². The third-order valence-electron chi connectivity index (χ3n) is 3.84. The minimum Gasteiger partial charge on any atom is -0.493 e. The zero-order valence-electron chi connectivity index (χ0n) is 14.4. The lowest BCUT2D eigenvalue weighted by molar-refractivity contribution is -0.118. The van der Waals surface area contributed by atoms with Crippen molar-refractivity contribution in [3.05, 3.63) is 34.8 Å². The molecule has 2 heterocycles. The topological polar surface area (TPSA) is 97.8 Å². The van der Waals surface area contributed by atoms with Crippen molar-refractivity contribution in [1.29, 1.82) is 0 Å². The summed E-state index contributed by atoms with van der Waals surface area (Å²) in [5.74, 6) is 0.681. The van der Waals surface area contributed by atoms with Gasteiger partial charge in [0.15, 0.2) is 23.2 Å². The molecular weight excluding hydrogens is 378 g/mol. The summed E-state index contributed by atoms with van der Waals surface area (Å²) in [6.07, 6.45) is 1.73. The first-order valence-electron chi connectivity index (χ1n) is 7.86. The number of amides is 1. The number of carbonyl (C=O) groups is 1. The fourth-order valence-corrected chi connectivity index (χ4v) is 4.45. The van der Waals surface area contributed by atoms with Gasteiger partial charge in [0.25, 0.3) is 5.91 Å². The summed E-state index contributed by atoms with van der Waals surface area (Å²) in [6, 6.07) is 7.06. The predicted octanol–water partition coefficient (Wildman–Crippen LogP) is 1.49. The van der Waals surface area contributed by atoms with Gasteiger partial charge >= 0.3 is 0 Å². The van der Waals surface area contributed by atoms with E-state index in [-0.39, 0.29) is 12.5 Å². The molecule has 0 aliphatic carbocycles. The van der Waals surface area contributed by atoms with Crippen LogP contribution in [0.3, 0.4) is 0 Å². The average molecular weight is 397 g/mol. The van der Waals surface area contributed by atoms with E-state index in [4.69, 9.17) is 9.47 Å². The van der Waals surface area contributed by atoms with Crippen LogP contribution in [-0.4, -0.2) is 50.1 Å². The molecule has 3 rings (SSSR count). The molecule has 0 bridgehead atoms. The Balaban J connectivity index is 1.60. The number of anilines is 1. The number of thiazole rings is 1. The maximum atomic E-state index is 12.1. The molecule has 140 valence electrons. The number of carbonyl (C=O) groups excluding carboxylic acids is 1. The average Bonchev–Trinajstić information content (AvgIpc) is 3.00. The summed E-state index contributed by atoms with van der Waals surface area (Å²) >= 11 is 1.28. The summed E-state index contributed by atoms with van der Waals surface area (Å²) in [7, 11) is -1.71. The number of nitrogens with zero attached hydrogens (tertiary/aromatic N) is 2. The third-order valence-corrected chi connectivity index (χ3v) is 6.09. The third kappa shape index (κ3) is 4.32. The van der Waals surface area contributed by atoms with E-state index in [0.29, 0.717) is 36.1 Å². The van der Waals surface area contributed by atoms with E-state index in [2.05, 4.69) is 10.3 Å². The van der Waals surface area contributed by atoms with Crippen molar-refractivity contribution in [3.8, 4) is 11.5 Å². The van der Waals surface area contributed by atoms with E-state index in [0.717, 1.165) is 10.6 Å². The van der Waals surface area contributed by atoms with E-state index >= 15 is 0 Å². The second-order valence-corrected chi connectivity index (χ2v) is 8.79. The molecule has 1 aliphatic rings. The number of hydrogen-bond donors (Lipinski definition) is 1. The van der Waals surface area contributed by atoms with Crippen molar-refractivity contribution in [3.63, 3.8) is 0 Å². The Bertz CT molecular complexity index is 910. The normalized spacial score (nSPS) is 14.5. The van der Waals surface area contributed by atoms with Crippen molar-refractivity contribution in [2.24, 2.45) is 0 Å². The largest absolute Gasteiger partial charge is 0.493 e. The second-order valence-electron chi connectivity index (χ2n) is 5.72. The molecule has 0 saturated carbocycles. The SMILES string of the molecule is COc1ccccc1OCC(=O)Nc1nc2c(s1)CN(S(C)(=O)=O)CC2. The van der Waals surface area contributed by atoms with Gasteiger partial charge in [0, 0.05) is 24.4 Å². The lowest BCUT2D eigenvalue weighted by atomic mass is 10.2. The molecule has 0 saturated heterocycles. The van der Waals surface area contributed by atoms with Gasteiger partial charge in [-0.25, -0.2) is 13.4 Å². The van der Waals surface area contributed by atoms with Gasteiger partial charge in [-0.3, -0.25) is 10.1 Å². The highest BCUT2D eigenvalue weighted by Gasteiger charge is 2.26. The zero-order chi connectivity index (χ0) is 18.7. The number of nitrogens with one attached hydrogen (secondary N) is 1. The van der Waals surface area contributed by atoms with Crippen LogP contribution in [0, 0.1) is 0 Å². The predicted molar refractivity (Wildman–Crippen MR) is 98.2 cm³/mol. The molecule has 1 aromatic heterocycles. The summed E-state index contributed by atoms with van der Waals surface area (Å²) in [5.41, 5.74) is 0.829. The van der Waals surface area contributed by atoms with Gasteiger partial charge in [-0.2, -0.15) is 4.31 Å². The quantitative estimate of drug-likeness (QED) is 0.793. The molecule has 26 heavy (non-hydrogen) atoms. The van der Waals surface area contributed by atoms with Gasteiger partial charge in [0.2, 0.25) is 10.0 Å². The Hall–Kier alpha value is -2.17. The number of para-hydroxylation sites is 2. The van der Waals surface area contributed by atoms with Gasteiger partial charge in [0.05, 0.1) is 19.1 Å². The lowest BCUT2D eigenvalue weighted by Crippen LogP contribution is -2.34. The Morgan fingerprint density at radius 1 is 1.35 bits per heavy atom. The number of benzene rings is 1. The monoisotopic (exact) mass is 397 g/mol. The van der Waals surface area contributed by atoms with Crippen molar-refractivity contribution in [1.82, 2.24) is 9.29 Å². The molecule has 1 amide bonds. The molecule has 10 heteroatoms. The van der Waals surface area contributed by atoms with Crippen LogP contribution in [0.2, 0.25) is 0 Å². The van der Waals surface area contributed by atoms with Gasteiger partial charge < -0.3 is 9.47 Å². The first-order chi connectivity index (χ1) is 12.4. The molecule has 8 nitrogen and oxygen atoms in total. The van der Waals surface area contributed by atoms with Gasteiger partial charge in [-0.15, -0.1) is 11.3 Å². The molecule has 0 spiro atoms. The molecule has 1 N–H and O–H groups in total. The number of hydrogen-bond acceptors (Lipinski definition) is 7. The van der Waals surface area contributed by atoms with E-state index in [1.54, 1.807) is 18.2 Å². The van der Waals surface area contributed by atoms with E-state index in [1.807, 2.05) is 6.07 Å². The van der Waals surface area contributed by atoms with Gasteiger partial charge in [0.1, 0.15) is 0 Å². The minimum atomic E-state index is -3.24. The minimum absolute atomic E-state index is 0.180. The van der Waals surface area contributed by atoms with Crippen molar-refractivity contribution < 1.29 is 22.7 Å². The number of rotatable bonds is 6. The lowest BCUT2D eigenvalue weighted by Gasteiger charge is -2.23. The maximum Gasteiger partial charge on any atom is 0.264 e. The molecule has 0 atom stereocenters. The van der Waals surface area contributed by atoms with Crippen molar-refractivity contribution >= 4 is 32.4 Å². The Morgan fingerprint density at radius 2 is 2.08 bits per heavy atom. The first-order valence-corrected chi connectivity index (χ1v) is 10.5. The van der Waals surface area contributed by atoms with Crippen LogP contribution in [0.5, 0.6) is 11.5 Å². The standard InChI is InChI=1S/C16H19N3O5S2/c1-23-12-5-3-4-6-13(12)24-10-15(20)18-16-17-11-7-8-19(26(2,21)22)9-14(11)25-16/h3-6H,7-10H2,1-2H3,(H,17,18,20). The molecule has 2 aromatic rings. The van der Waals surface area contributed by atoms with Gasteiger partial charge in [-0.05, 0) is 12.1 Å². The molecule has 1 aromatic carbocycles. The van der Waals surface area contributed by atoms with Crippen LogP contribution >= 0.6 is 11.3 Å². The number of ether oxygens (including phenoxy) is 2. The van der Waals surface area contributed by atoms with E-state index in [9.17, 15) is 13.2 Å². The summed E-state index contributed by atoms with van der Waals surface area (Å²) < 4.78 is 35.4. The van der Waals surface area contributed by atoms with Gasteiger partial charge in [-0.1, -0.05) is 12.1 Å². The molecular formula is C16H19N3O5S2. The molecule has 0 fully saturated rings. The number of fused-ring (bicyclic) bond motifs is 1.